The zero-order valence-corrected chi connectivity index (χ0v) is 6.54. The molecular weight excluding hydrogens is 170 g/mol. The molecule has 0 aliphatic carbocycles. The Balaban J connectivity index is 2.38. The third-order valence-electron chi connectivity index (χ3n) is 1.59. The van der Waals surface area contributed by atoms with Gasteiger partial charge in [-0.15, -0.1) is 4.91 Å². The van der Waals surface area contributed by atoms with Crippen LogP contribution in [0.25, 0.3) is 11.4 Å². The Labute approximate surface area is 73.4 Å². The lowest BCUT2D eigenvalue weighted by Gasteiger charge is -1.92. The summed E-state index contributed by atoms with van der Waals surface area (Å²) in [5.74, 6) is 0.498. The van der Waals surface area contributed by atoms with Crippen molar-refractivity contribution in [1.29, 1.82) is 0 Å². The zero-order valence-electron chi connectivity index (χ0n) is 6.54. The van der Waals surface area contributed by atoms with E-state index >= 15 is 0 Å². The van der Waals surface area contributed by atoms with Gasteiger partial charge in [0.15, 0.2) is 0 Å². The minimum atomic E-state index is 0.382. The second kappa shape index (κ2) is 3.14. The fourth-order valence-electron chi connectivity index (χ4n) is 0.969. The molecule has 0 N–H and O–H groups in total. The first-order valence-electron chi connectivity index (χ1n) is 3.60. The normalized spacial score (nSPS) is 9.85. The molecule has 0 bridgehead atoms. The van der Waals surface area contributed by atoms with E-state index in [2.05, 4.69) is 19.8 Å². The van der Waals surface area contributed by atoms with Crippen LogP contribution < -0.4 is 0 Å². The monoisotopic (exact) mass is 175 g/mol. The van der Waals surface area contributed by atoms with Crippen molar-refractivity contribution >= 4 is 5.69 Å². The molecule has 0 fully saturated rings. The summed E-state index contributed by atoms with van der Waals surface area (Å²) in [5.41, 5.74) is 1.17. The van der Waals surface area contributed by atoms with Gasteiger partial charge in [-0.05, 0) is 29.4 Å². The van der Waals surface area contributed by atoms with E-state index in [0.717, 1.165) is 5.56 Å². The molecule has 5 heteroatoms. The second-order valence-corrected chi connectivity index (χ2v) is 2.39. The minimum Gasteiger partial charge on any atom is -0.342 e. The quantitative estimate of drug-likeness (QED) is 0.655. The highest BCUT2D eigenvalue weighted by Crippen LogP contribution is 2.18. The molecule has 0 amide bonds. The fraction of sp³-hybridized carbons (Fsp3) is 0. The SMILES string of the molecule is O=Nc1ccc(-c2ncon2)cc1. The lowest BCUT2D eigenvalue weighted by Crippen LogP contribution is -1.78. The van der Waals surface area contributed by atoms with Crippen LogP contribution in [0.4, 0.5) is 5.69 Å². The smallest absolute Gasteiger partial charge is 0.214 e. The molecule has 64 valence electrons. The molecule has 13 heavy (non-hydrogen) atoms. The standard InChI is InChI=1S/C8H5N3O2/c12-10-7-3-1-6(2-4-7)8-9-5-13-11-8/h1-5H. The molecular formula is C8H5N3O2. The van der Waals surface area contributed by atoms with E-state index < -0.39 is 0 Å². The van der Waals surface area contributed by atoms with Gasteiger partial charge in [0.2, 0.25) is 12.2 Å². The first-order chi connectivity index (χ1) is 6.40. The van der Waals surface area contributed by atoms with E-state index in [1.165, 1.54) is 6.39 Å². The van der Waals surface area contributed by atoms with E-state index in [0.29, 0.717) is 11.5 Å². The predicted molar refractivity (Wildman–Crippen MR) is 45.2 cm³/mol. The van der Waals surface area contributed by atoms with Crippen molar-refractivity contribution in [3.05, 3.63) is 35.6 Å². The summed E-state index contributed by atoms with van der Waals surface area (Å²) < 4.78 is 4.58. The molecule has 5 nitrogen and oxygen atoms in total. The Morgan fingerprint density at radius 2 is 2.00 bits per heavy atom. The molecule has 1 aromatic carbocycles. The molecule has 0 aliphatic rings. The van der Waals surface area contributed by atoms with Crippen molar-refractivity contribution in [2.24, 2.45) is 5.18 Å². The maximum Gasteiger partial charge on any atom is 0.214 e. The van der Waals surface area contributed by atoms with Crippen LogP contribution in [0.5, 0.6) is 0 Å². The van der Waals surface area contributed by atoms with E-state index in [9.17, 15) is 4.91 Å². The van der Waals surface area contributed by atoms with Gasteiger partial charge in [0.05, 0.1) is 0 Å². The Hall–Kier alpha value is -2.04. The lowest BCUT2D eigenvalue weighted by molar-refractivity contribution is 0.419. The highest BCUT2D eigenvalue weighted by Gasteiger charge is 2.01. The van der Waals surface area contributed by atoms with Crippen LogP contribution >= 0.6 is 0 Å². The number of hydrogen-bond donors (Lipinski definition) is 0. The Bertz CT molecular complexity index is 394. The summed E-state index contributed by atoms with van der Waals surface area (Å²) in [4.78, 5) is 14.0. The third kappa shape index (κ3) is 1.44. The van der Waals surface area contributed by atoms with Crippen LogP contribution in [0.3, 0.4) is 0 Å². The molecule has 1 aromatic heterocycles. The maximum absolute atomic E-state index is 10.1. The van der Waals surface area contributed by atoms with Crippen molar-refractivity contribution in [3.8, 4) is 11.4 Å². The molecule has 2 rings (SSSR count). The van der Waals surface area contributed by atoms with Crippen molar-refractivity contribution in [1.82, 2.24) is 10.1 Å². The topological polar surface area (TPSA) is 68.3 Å². The molecule has 2 aromatic rings. The maximum atomic E-state index is 10.1. The third-order valence-corrected chi connectivity index (χ3v) is 1.59. The number of hydrogen-bond acceptors (Lipinski definition) is 5. The van der Waals surface area contributed by atoms with Crippen molar-refractivity contribution in [2.45, 2.75) is 0 Å². The molecule has 0 radical (unpaired) electrons. The Morgan fingerprint density at radius 3 is 2.54 bits per heavy atom. The van der Waals surface area contributed by atoms with Crippen LogP contribution in [-0.2, 0) is 0 Å². The van der Waals surface area contributed by atoms with Gasteiger partial charge in [-0.2, -0.15) is 4.98 Å². The van der Waals surface area contributed by atoms with E-state index in [1.807, 2.05) is 0 Å². The summed E-state index contributed by atoms with van der Waals surface area (Å²) in [6, 6.07) is 6.61. The molecule has 0 saturated carbocycles. The fourth-order valence-corrected chi connectivity index (χ4v) is 0.969. The summed E-state index contributed by atoms with van der Waals surface area (Å²) >= 11 is 0. The van der Waals surface area contributed by atoms with Gasteiger partial charge in [0, 0.05) is 5.56 Å². The molecule has 0 atom stereocenters. The molecule has 1 heterocycles. The molecule has 0 aliphatic heterocycles. The van der Waals surface area contributed by atoms with Gasteiger partial charge in [-0.3, -0.25) is 0 Å². The van der Waals surface area contributed by atoms with Gasteiger partial charge in [0.25, 0.3) is 0 Å². The lowest BCUT2D eigenvalue weighted by atomic mass is 10.2. The average Bonchev–Trinajstić information content (AvgIpc) is 2.71. The summed E-state index contributed by atoms with van der Waals surface area (Å²) in [5, 5.41) is 6.43. The van der Waals surface area contributed by atoms with Gasteiger partial charge >= 0.3 is 0 Å². The predicted octanol–water partition coefficient (Wildman–Crippen LogP) is 2.13. The van der Waals surface area contributed by atoms with Gasteiger partial charge in [0.1, 0.15) is 5.69 Å². The molecule has 0 spiro atoms. The summed E-state index contributed by atoms with van der Waals surface area (Å²) in [6.45, 7) is 0. The van der Waals surface area contributed by atoms with Crippen LogP contribution in [0.2, 0.25) is 0 Å². The number of nitrogens with zero attached hydrogens (tertiary/aromatic N) is 3. The van der Waals surface area contributed by atoms with Gasteiger partial charge in [-0.25, -0.2) is 0 Å². The molecule has 0 saturated heterocycles. The van der Waals surface area contributed by atoms with E-state index in [4.69, 9.17) is 0 Å². The number of nitroso groups, excluding NO2 is 1. The van der Waals surface area contributed by atoms with Gasteiger partial charge < -0.3 is 4.52 Å². The minimum absolute atomic E-state index is 0.382. The van der Waals surface area contributed by atoms with Crippen molar-refractivity contribution in [3.63, 3.8) is 0 Å². The summed E-state index contributed by atoms with van der Waals surface area (Å²) in [6.07, 6.45) is 1.25. The molecule has 0 unspecified atom stereocenters. The number of aromatic nitrogens is 2. The Kier molecular flexibility index (Phi) is 1.84. The first-order valence-corrected chi connectivity index (χ1v) is 3.60. The highest BCUT2D eigenvalue weighted by molar-refractivity contribution is 5.57. The van der Waals surface area contributed by atoms with Crippen LogP contribution in [0.1, 0.15) is 0 Å². The van der Waals surface area contributed by atoms with E-state index in [1.54, 1.807) is 24.3 Å². The number of benzene rings is 1. The largest absolute Gasteiger partial charge is 0.342 e. The second-order valence-electron chi connectivity index (χ2n) is 2.39. The van der Waals surface area contributed by atoms with Crippen LogP contribution in [-0.4, -0.2) is 10.1 Å². The average molecular weight is 175 g/mol. The van der Waals surface area contributed by atoms with Crippen LogP contribution in [0, 0.1) is 4.91 Å². The highest BCUT2D eigenvalue weighted by atomic mass is 16.5. The van der Waals surface area contributed by atoms with Crippen molar-refractivity contribution in [2.75, 3.05) is 0 Å². The van der Waals surface area contributed by atoms with E-state index in [-0.39, 0.29) is 0 Å². The summed E-state index contributed by atoms with van der Waals surface area (Å²) in [7, 11) is 0. The first kappa shape index (κ1) is 7.60. The Morgan fingerprint density at radius 1 is 1.23 bits per heavy atom. The van der Waals surface area contributed by atoms with Gasteiger partial charge in [-0.1, -0.05) is 5.16 Å². The number of rotatable bonds is 2. The van der Waals surface area contributed by atoms with Crippen LogP contribution in [0.15, 0.2) is 40.4 Å². The zero-order chi connectivity index (χ0) is 9.10. The van der Waals surface area contributed by atoms with Crippen molar-refractivity contribution < 1.29 is 4.52 Å².